The van der Waals surface area contributed by atoms with Crippen LogP contribution in [0.2, 0.25) is 0 Å². The van der Waals surface area contributed by atoms with Crippen LogP contribution < -0.4 is 5.32 Å². The lowest BCUT2D eigenvalue weighted by molar-refractivity contribution is -0.120. The number of imidazole rings is 1. The van der Waals surface area contributed by atoms with Gasteiger partial charge in [-0.1, -0.05) is 60.2 Å². The molecule has 0 aliphatic rings. The summed E-state index contributed by atoms with van der Waals surface area (Å²) in [6.07, 6.45) is 3.92. The quantitative estimate of drug-likeness (QED) is 0.499. The molecule has 6 heteroatoms. The van der Waals surface area contributed by atoms with Gasteiger partial charge in [-0.3, -0.25) is 4.79 Å². The predicted molar refractivity (Wildman–Crippen MR) is 120 cm³/mol. The Labute approximate surface area is 180 Å². The molecule has 0 aliphatic heterocycles. The van der Waals surface area contributed by atoms with Gasteiger partial charge in [0.25, 0.3) is 0 Å². The minimum Gasteiger partial charge on any atom is -0.342 e. The van der Waals surface area contributed by atoms with Crippen molar-refractivity contribution in [1.82, 2.24) is 19.9 Å². The maximum atomic E-state index is 13.1. The highest BCUT2D eigenvalue weighted by Crippen LogP contribution is 2.29. The molecule has 1 N–H and O–H groups in total. The number of rotatable bonds is 6. The first-order chi connectivity index (χ1) is 14.5. The highest BCUT2D eigenvalue weighted by molar-refractivity contribution is 7.12. The van der Waals surface area contributed by atoms with Gasteiger partial charge in [-0.05, 0) is 19.4 Å². The van der Waals surface area contributed by atoms with Crippen molar-refractivity contribution >= 4 is 17.2 Å². The molecule has 0 aliphatic carbocycles. The Balaban J connectivity index is 1.59. The maximum absolute atomic E-state index is 13.1. The third-order valence-electron chi connectivity index (χ3n) is 5.01. The standard InChI is InChI=1S/C24H24N4OS/c1-16-9-11-19(12-10-16)22-20(30-17(2)26-22)15-21(29)27-23(18-7-5-4-6-8-18)24-25-13-14-28(24)3/h4-14,23H,15H2,1-3H3,(H,27,29)/t23-/m1/s1. The zero-order valence-electron chi connectivity index (χ0n) is 17.3. The monoisotopic (exact) mass is 416 g/mol. The topological polar surface area (TPSA) is 59.8 Å². The van der Waals surface area contributed by atoms with Crippen molar-refractivity contribution in [2.24, 2.45) is 7.05 Å². The summed E-state index contributed by atoms with van der Waals surface area (Å²) in [6.45, 7) is 4.04. The van der Waals surface area contributed by atoms with Crippen molar-refractivity contribution in [1.29, 1.82) is 0 Å². The molecule has 30 heavy (non-hydrogen) atoms. The van der Waals surface area contributed by atoms with E-state index in [1.807, 2.05) is 55.1 Å². The Bertz CT molecular complexity index is 1150. The molecule has 1 atom stereocenters. The number of carbonyl (C=O) groups is 1. The highest BCUT2D eigenvalue weighted by Gasteiger charge is 2.22. The fourth-order valence-corrected chi connectivity index (χ4v) is 4.44. The summed E-state index contributed by atoms with van der Waals surface area (Å²) in [5.74, 6) is 0.748. The lowest BCUT2D eigenvalue weighted by Gasteiger charge is -2.19. The largest absolute Gasteiger partial charge is 0.342 e. The molecule has 4 rings (SSSR count). The summed E-state index contributed by atoms with van der Waals surface area (Å²) in [5, 5.41) is 4.13. The molecule has 152 valence electrons. The molecule has 0 fully saturated rings. The fraction of sp³-hybridized carbons (Fsp3) is 0.208. The number of benzene rings is 2. The van der Waals surface area contributed by atoms with Crippen molar-refractivity contribution in [3.63, 3.8) is 0 Å². The molecule has 0 bridgehead atoms. The summed E-state index contributed by atoms with van der Waals surface area (Å²) in [4.78, 5) is 23.2. The SMILES string of the molecule is Cc1ccc(-c2nc(C)sc2CC(=O)N[C@H](c2ccccc2)c2nccn2C)cc1. The number of thiazole rings is 1. The van der Waals surface area contributed by atoms with Crippen LogP contribution >= 0.6 is 11.3 Å². The minimum absolute atomic E-state index is 0.0520. The molecule has 4 aromatic rings. The second-order valence-corrected chi connectivity index (χ2v) is 8.64. The van der Waals surface area contributed by atoms with E-state index >= 15 is 0 Å². The van der Waals surface area contributed by atoms with Crippen molar-refractivity contribution in [3.8, 4) is 11.3 Å². The smallest absolute Gasteiger partial charge is 0.226 e. The van der Waals surface area contributed by atoms with Crippen molar-refractivity contribution in [2.75, 3.05) is 0 Å². The van der Waals surface area contributed by atoms with Gasteiger partial charge in [0.1, 0.15) is 11.9 Å². The van der Waals surface area contributed by atoms with Crippen LogP contribution in [0.4, 0.5) is 0 Å². The summed E-state index contributed by atoms with van der Waals surface area (Å²) in [7, 11) is 1.94. The molecule has 0 radical (unpaired) electrons. The molecule has 0 unspecified atom stereocenters. The molecule has 0 saturated carbocycles. The fourth-order valence-electron chi connectivity index (χ4n) is 3.48. The van der Waals surface area contributed by atoms with E-state index in [4.69, 9.17) is 0 Å². The van der Waals surface area contributed by atoms with Crippen molar-refractivity contribution < 1.29 is 4.79 Å². The normalized spacial score (nSPS) is 12.0. The number of carbonyl (C=O) groups excluding carboxylic acids is 1. The van der Waals surface area contributed by atoms with Crippen LogP contribution in [0.15, 0.2) is 67.0 Å². The predicted octanol–water partition coefficient (Wildman–Crippen LogP) is 4.61. The second kappa shape index (κ2) is 8.63. The van der Waals surface area contributed by atoms with Gasteiger partial charge in [0.15, 0.2) is 0 Å². The van der Waals surface area contributed by atoms with Gasteiger partial charge in [0.2, 0.25) is 5.91 Å². The number of nitrogens with zero attached hydrogens (tertiary/aromatic N) is 3. The first-order valence-electron chi connectivity index (χ1n) is 9.86. The molecule has 2 aromatic carbocycles. The van der Waals surface area contributed by atoms with Crippen LogP contribution in [0.3, 0.4) is 0 Å². The number of hydrogen-bond donors (Lipinski definition) is 1. The molecule has 0 spiro atoms. The van der Waals surface area contributed by atoms with E-state index in [2.05, 4.69) is 46.5 Å². The van der Waals surface area contributed by atoms with Crippen molar-refractivity contribution in [3.05, 3.63) is 93.8 Å². The lowest BCUT2D eigenvalue weighted by atomic mass is 10.1. The third-order valence-corrected chi connectivity index (χ3v) is 5.98. The summed E-state index contributed by atoms with van der Waals surface area (Å²) in [5.41, 5.74) is 4.13. The first-order valence-corrected chi connectivity index (χ1v) is 10.7. The molecule has 1 amide bonds. The molecular formula is C24H24N4OS. The van der Waals surface area contributed by atoms with E-state index in [0.717, 1.165) is 32.5 Å². The second-order valence-electron chi connectivity index (χ2n) is 7.36. The zero-order chi connectivity index (χ0) is 21.1. The zero-order valence-corrected chi connectivity index (χ0v) is 18.1. The average molecular weight is 417 g/mol. The van der Waals surface area contributed by atoms with E-state index in [1.54, 1.807) is 17.5 Å². The van der Waals surface area contributed by atoms with Crippen LogP contribution in [-0.2, 0) is 18.3 Å². The number of aryl methyl sites for hydroxylation is 3. The number of aromatic nitrogens is 3. The van der Waals surface area contributed by atoms with E-state index in [-0.39, 0.29) is 18.4 Å². The van der Waals surface area contributed by atoms with E-state index in [0.29, 0.717) is 0 Å². The van der Waals surface area contributed by atoms with Crippen LogP contribution in [0.25, 0.3) is 11.3 Å². The lowest BCUT2D eigenvalue weighted by Crippen LogP contribution is -2.32. The van der Waals surface area contributed by atoms with E-state index < -0.39 is 0 Å². The van der Waals surface area contributed by atoms with Crippen LogP contribution in [0.5, 0.6) is 0 Å². The molecule has 2 aromatic heterocycles. The Morgan fingerprint density at radius 3 is 2.50 bits per heavy atom. The van der Waals surface area contributed by atoms with Gasteiger partial charge in [-0.15, -0.1) is 11.3 Å². The molecular weight excluding hydrogens is 392 g/mol. The van der Waals surface area contributed by atoms with Gasteiger partial charge >= 0.3 is 0 Å². The Morgan fingerprint density at radius 2 is 1.83 bits per heavy atom. The van der Waals surface area contributed by atoms with Crippen LogP contribution in [-0.4, -0.2) is 20.4 Å². The van der Waals surface area contributed by atoms with Crippen LogP contribution in [0.1, 0.15) is 32.9 Å². The third kappa shape index (κ3) is 4.33. The van der Waals surface area contributed by atoms with Crippen molar-refractivity contribution in [2.45, 2.75) is 26.3 Å². The molecule has 5 nitrogen and oxygen atoms in total. The van der Waals surface area contributed by atoms with E-state index in [9.17, 15) is 4.79 Å². The van der Waals surface area contributed by atoms with Gasteiger partial charge in [0, 0.05) is 29.9 Å². The van der Waals surface area contributed by atoms with E-state index in [1.165, 1.54) is 5.56 Å². The molecule has 0 saturated heterocycles. The Morgan fingerprint density at radius 1 is 1.10 bits per heavy atom. The Kier molecular flexibility index (Phi) is 5.77. The van der Waals surface area contributed by atoms with Gasteiger partial charge in [0.05, 0.1) is 17.1 Å². The highest BCUT2D eigenvalue weighted by atomic mass is 32.1. The number of amides is 1. The van der Waals surface area contributed by atoms with Gasteiger partial charge in [-0.25, -0.2) is 9.97 Å². The van der Waals surface area contributed by atoms with Gasteiger partial charge < -0.3 is 9.88 Å². The minimum atomic E-state index is -0.310. The first kappa shape index (κ1) is 20.0. The summed E-state index contributed by atoms with van der Waals surface area (Å²) >= 11 is 1.57. The maximum Gasteiger partial charge on any atom is 0.226 e. The number of nitrogens with one attached hydrogen (secondary N) is 1. The summed E-state index contributed by atoms with van der Waals surface area (Å²) < 4.78 is 1.94. The number of hydrogen-bond acceptors (Lipinski definition) is 4. The average Bonchev–Trinajstić information content (AvgIpc) is 3.32. The Hall–Kier alpha value is -3.25. The van der Waals surface area contributed by atoms with Gasteiger partial charge in [-0.2, -0.15) is 0 Å². The van der Waals surface area contributed by atoms with Crippen LogP contribution in [0, 0.1) is 13.8 Å². The summed E-state index contributed by atoms with van der Waals surface area (Å²) in [6, 6.07) is 17.9. The molecule has 2 heterocycles.